The van der Waals surface area contributed by atoms with Crippen LogP contribution in [0.2, 0.25) is 0 Å². The third-order valence-corrected chi connectivity index (χ3v) is 32.0. The molecule has 0 atom stereocenters. The first-order chi connectivity index (χ1) is 68.2. The van der Waals surface area contributed by atoms with E-state index in [1.807, 2.05) is 0 Å². The van der Waals surface area contributed by atoms with E-state index in [2.05, 4.69) is 494 Å². The Morgan fingerprint density at radius 1 is 0.158 bits per heavy atom. The average Bonchev–Trinajstić information content (AvgIpc) is 1.57. The maximum Gasteiger partial charge on any atom is 0.163 e. The molecule has 0 N–H and O–H groups in total. The Kier molecular flexibility index (Phi) is 15.9. The van der Waals surface area contributed by atoms with Crippen LogP contribution in [0.15, 0.2) is 425 Å². The number of fused-ring (bicyclic) bond motifs is 28. The highest BCUT2D eigenvalue weighted by Crippen LogP contribution is 2.55. The first kappa shape index (κ1) is 77.9. The van der Waals surface area contributed by atoms with Crippen molar-refractivity contribution in [1.82, 2.24) is 37.4 Å². The Morgan fingerprint density at radius 2 is 0.381 bits per heavy atom. The van der Waals surface area contributed by atoms with Gasteiger partial charge in [0.15, 0.2) is 5.82 Å². The van der Waals surface area contributed by atoms with E-state index in [0.29, 0.717) is 5.82 Å². The summed E-state index contributed by atoms with van der Waals surface area (Å²) in [5.74, 6) is 2.13. The van der Waals surface area contributed by atoms with Crippen LogP contribution in [0.25, 0.3) is 254 Å². The largest absolute Gasteiger partial charge is 0.309 e. The van der Waals surface area contributed by atoms with Crippen LogP contribution in [-0.2, 0) is 16.2 Å². The monoisotopic (exact) mass is 1770 g/mol. The fraction of sp³-hybridized carbons (Fsp3) is 0.0687. The van der Waals surface area contributed by atoms with E-state index in [-0.39, 0.29) is 16.2 Å². The van der Waals surface area contributed by atoms with Crippen molar-refractivity contribution in [2.75, 3.05) is 0 Å². The second-order valence-electron chi connectivity index (χ2n) is 40.4. The lowest BCUT2D eigenvalue weighted by Crippen LogP contribution is -2.15. The lowest BCUT2D eigenvalue weighted by molar-refractivity contribution is 0.660. The molecule has 7 heterocycles. The highest BCUT2D eigenvalue weighted by atomic mass is 15.1. The normalized spacial score (nSPS) is 13.9. The van der Waals surface area contributed by atoms with Gasteiger partial charge in [-0.15, -0.1) is 0 Å². The van der Waals surface area contributed by atoms with Crippen LogP contribution in [-0.4, -0.2) is 37.4 Å². The fourth-order valence-corrected chi connectivity index (χ4v) is 25.3. The van der Waals surface area contributed by atoms with Gasteiger partial charge in [0.1, 0.15) is 11.6 Å². The van der Waals surface area contributed by atoms with E-state index in [9.17, 15) is 0 Å². The van der Waals surface area contributed by atoms with Gasteiger partial charge in [-0.3, -0.25) is 9.13 Å². The first-order valence-electron chi connectivity index (χ1n) is 48.6. The van der Waals surface area contributed by atoms with Crippen molar-refractivity contribution in [1.29, 1.82) is 0 Å². The summed E-state index contributed by atoms with van der Waals surface area (Å²) in [7, 11) is 0. The zero-order chi connectivity index (χ0) is 91.9. The number of nitrogens with zero attached hydrogens (tertiary/aromatic N) is 8. The summed E-state index contributed by atoms with van der Waals surface area (Å²) in [5, 5.41) is 16.5. The third kappa shape index (κ3) is 11.0. The predicted molar refractivity (Wildman–Crippen MR) is 580 cm³/mol. The average molecular weight is 1770 g/mol. The van der Waals surface area contributed by atoms with Crippen molar-refractivity contribution in [3.05, 3.63) is 458 Å². The maximum absolute atomic E-state index is 5.83. The van der Waals surface area contributed by atoms with Crippen LogP contribution in [0.3, 0.4) is 0 Å². The lowest BCUT2D eigenvalue weighted by atomic mass is 9.82. The molecule has 0 aliphatic heterocycles. The number of hydrogen-bond acceptors (Lipinski definition) is 2. The molecule has 8 nitrogen and oxygen atoms in total. The van der Waals surface area contributed by atoms with E-state index in [0.717, 1.165) is 111 Å². The van der Waals surface area contributed by atoms with Gasteiger partial charge in [0.05, 0.1) is 66.2 Å². The summed E-state index contributed by atoms with van der Waals surface area (Å²) >= 11 is 0. The zero-order valence-electron chi connectivity index (χ0n) is 77.5. The van der Waals surface area contributed by atoms with E-state index in [1.165, 1.54) is 171 Å². The summed E-state index contributed by atoms with van der Waals surface area (Å²) in [6.07, 6.45) is 0. The minimum absolute atomic E-state index is 0.114. The van der Waals surface area contributed by atoms with E-state index in [1.54, 1.807) is 0 Å². The van der Waals surface area contributed by atoms with E-state index >= 15 is 0 Å². The van der Waals surface area contributed by atoms with Crippen LogP contribution in [0.5, 0.6) is 0 Å². The highest BCUT2D eigenvalue weighted by molar-refractivity contribution is 6.18. The Hall–Kier alpha value is -17.5. The number of rotatable bonds is 10. The fourth-order valence-electron chi connectivity index (χ4n) is 25.3. The lowest BCUT2D eigenvalue weighted by Gasteiger charge is -2.22. The Morgan fingerprint density at radius 3 is 0.691 bits per heavy atom. The summed E-state index contributed by atoms with van der Waals surface area (Å²) in [6.45, 7) is 14.2. The van der Waals surface area contributed by atoms with Crippen LogP contribution >= 0.6 is 0 Å². The molecule has 0 saturated heterocycles. The number of para-hydroxylation sites is 6. The third-order valence-electron chi connectivity index (χ3n) is 32.0. The predicted octanol–water partition coefficient (Wildman–Crippen LogP) is 33.8. The van der Waals surface area contributed by atoms with Crippen molar-refractivity contribution in [3.8, 4) is 113 Å². The molecular weight excluding hydrogens is 1690 g/mol. The molecular formula is C131H88N8. The van der Waals surface area contributed by atoms with Gasteiger partial charge in [-0.25, -0.2) is 9.97 Å². The standard InChI is InChI=1S/C131H88N8/c1-129(2)108-34-16-7-25-90(108)93-56-53-87(73-111(93)129)135-115-38-20-11-29-97(115)103-68-80(47-60-121(103)135)79-46-59-120-102(67-79)96-28-10-19-37-114(96)134(120)86-52-45-77-65-85(44-43-78(77)66-86)128-132-126(138-118-41-23-14-32-100(118)106-71-83(50-63-124(106)138)81-48-61-122-104(69-81)98-30-12-21-39-116(98)136(122)88-54-57-94-91-26-8-17-35-109(91)130(3,4)112(94)74-88)76-127(133-128)139-119-42-24-15-33-101(119)107-72-84(51-64-125(107)139)82-49-62-123-105(70-82)99-31-13-22-40-117(99)137(123)89-55-58-95-92-27-9-18-36-110(92)131(5,6)113(95)75-89/h7-76H,1-6H3. The summed E-state index contributed by atoms with van der Waals surface area (Å²) in [4.78, 5) is 11.7. The molecule has 0 radical (unpaired) electrons. The number of hydrogen-bond donors (Lipinski definition) is 0. The van der Waals surface area contributed by atoms with Gasteiger partial charge in [0.25, 0.3) is 0 Å². The van der Waals surface area contributed by atoms with E-state index < -0.39 is 0 Å². The first-order valence-corrected chi connectivity index (χ1v) is 48.6. The van der Waals surface area contributed by atoms with Crippen molar-refractivity contribution >= 4 is 142 Å². The molecule has 139 heavy (non-hydrogen) atoms. The molecule has 0 unspecified atom stereocenters. The number of aromatic nitrogens is 8. The van der Waals surface area contributed by atoms with Gasteiger partial charge in [0, 0.05) is 115 Å². The van der Waals surface area contributed by atoms with E-state index in [4.69, 9.17) is 9.97 Å². The second kappa shape index (κ2) is 28.3. The van der Waals surface area contributed by atoms with Crippen molar-refractivity contribution in [2.45, 2.75) is 57.8 Å². The molecule has 0 amide bonds. The van der Waals surface area contributed by atoms with Gasteiger partial charge >= 0.3 is 0 Å². The number of benzene rings is 20. The Balaban J connectivity index is 0.545. The van der Waals surface area contributed by atoms with Gasteiger partial charge in [-0.05, 0) is 275 Å². The molecule has 0 fully saturated rings. The van der Waals surface area contributed by atoms with Gasteiger partial charge in [0.2, 0.25) is 0 Å². The quantitative estimate of drug-likeness (QED) is 0.137. The SMILES string of the molecule is CC1(C)c2ccccc2-c2ccc(-n3c4ccccc4c4cc(-c5ccc6c(c5)c5ccccc5n6-c5ccc6cc(-c7nc(-n8c9ccccc9c9cc(-c%10ccc%11c(c%10)c%10ccccc%10n%11-c%10ccc%11c(c%10)C(C)(C)c%10ccccc%10-%11)ccc98)cc(-n8c9ccccc9c9cc(-c%10ccc%11c(c%10)c%10ccccc%10n%11-c%10ccc%11c(c%10)C(C)(C)c%10ccccc%10-%11)ccc98)n7)ccc6c5)ccc43)cc21. The van der Waals surface area contributed by atoms with Crippen LogP contribution < -0.4 is 0 Å². The minimum atomic E-state index is -0.132. The molecule has 30 rings (SSSR count). The molecule has 3 aliphatic rings. The molecule has 652 valence electrons. The maximum atomic E-state index is 5.83. The summed E-state index contributed by atoms with van der Waals surface area (Å²) in [5.41, 5.74) is 41.8. The molecule has 0 bridgehead atoms. The molecule has 0 spiro atoms. The minimum Gasteiger partial charge on any atom is -0.309 e. The van der Waals surface area contributed by atoms with Crippen molar-refractivity contribution in [2.24, 2.45) is 0 Å². The topological polar surface area (TPSA) is 55.4 Å². The van der Waals surface area contributed by atoms with Crippen molar-refractivity contribution in [3.63, 3.8) is 0 Å². The Bertz CT molecular complexity index is 9800. The highest BCUT2D eigenvalue weighted by Gasteiger charge is 2.40. The van der Waals surface area contributed by atoms with Crippen LogP contribution in [0, 0.1) is 0 Å². The van der Waals surface area contributed by atoms with Gasteiger partial charge in [-0.2, -0.15) is 0 Å². The molecule has 7 aromatic heterocycles. The zero-order valence-corrected chi connectivity index (χ0v) is 77.5. The summed E-state index contributed by atoms with van der Waals surface area (Å²) < 4.78 is 14.6. The molecule has 0 saturated carbocycles. The Labute approximate surface area is 801 Å². The second-order valence-corrected chi connectivity index (χ2v) is 40.4. The smallest absolute Gasteiger partial charge is 0.163 e. The molecule has 27 aromatic rings. The molecule has 20 aromatic carbocycles. The molecule has 3 aliphatic carbocycles. The van der Waals surface area contributed by atoms with Gasteiger partial charge in [-0.1, -0.05) is 296 Å². The van der Waals surface area contributed by atoms with Crippen LogP contribution in [0.1, 0.15) is 74.9 Å². The molecule has 8 heteroatoms. The van der Waals surface area contributed by atoms with Gasteiger partial charge < -0.3 is 18.3 Å². The van der Waals surface area contributed by atoms with Crippen LogP contribution in [0.4, 0.5) is 0 Å². The summed E-state index contributed by atoms with van der Waals surface area (Å²) in [6, 6.07) is 160. The van der Waals surface area contributed by atoms with Crippen molar-refractivity contribution < 1.29 is 0 Å².